The van der Waals surface area contributed by atoms with Crippen LogP contribution in [0, 0.1) is 0 Å². The number of aliphatic carboxylic acids is 1. The number of carboxylic acids is 1. The van der Waals surface area contributed by atoms with Crippen molar-refractivity contribution in [1.29, 1.82) is 0 Å². The van der Waals surface area contributed by atoms with E-state index in [1.54, 1.807) is 0 Å². The highest BCUT2D eigenvalue weighted by molar-refractivity contribution is 5.74. The first-order valence-electron chi connectivity index (χ1n) is 5.87. The van der Waals surface area contributed by atoms with E-state index in [0.29, 0.717) is 0 Å². The number of nitrogens with zero attached hydrogens (tertiary/aromatic N) is 3. The van der Waals surface area contributed by atoms with Crippen LogP contribution >= 0.6 is 0 Å². The standard InChI is InChI=1S/C10H11N5O6/c11-10-13-6-2(7(18)14-10)12-1-15(6)8-4(17)3(16)5(21-8)9(19)20/h1,3-5,8,16-17H,(H,19,20)(H3,11,13,14,18)/t3-,4-,5+,8+/m0/s1. The lowest BCUT2D eigenvalue weighted by molar-refractivity contribution is -0.155. The molecular formula is C10H11N5O6. The van der Waals surface area contributed by atoms with E-state index in [2.05, 4.69) is 15.0 Å². The lowest BCUT2D eigenvalue weighted by atomic mass is 10.1. The molecule has 4 atom stereocenters. The number of imidazole rings is 1. The average Bonchev–Trinajstić information content (AvgIpc) is 2.93. The molecule has 3 heterocycles. The molecule has 3 rings (SSSR count). The van der Waals surface area contributed by atoms with Crippen LogP contribution in [0.5, 0.6) is 0 Å². The number of H-pyrrole nitrogens is 1. The van der Waals surface area contributed by atoms with Gasteiger partial charge >= 0.3 is 5.97 Å². The molecule has 0 bridgehead atoms. The number of hydrogen-bond donors (Lipinski definition) is 5. The number of nitrogens with two attached hydrogens (primary N) is 1. The smallest absolute Gasteiger partial charge is 0.335 e. The van der Waals surface area contributed by atoms with E-state index in [0.717, 1.165) is 10.9 Å². The third kappa shape index (κ3) is 1.94. The van der Waals surface area contributed by atoms with Crippen molar-refractivity contribution >= 4 is 23.1 Å². The van der Waals surface area contributed by atoms with Crippen LogP contribution in [0.4, 0.5) is 5.95 Å². The van der Waals surface area contributed by atoms with Crippen LogP contribution in [-0.4, -0.2) is 59.1 Å². The number of anilines is 1. The fraction of sp³-hybridized carbons (Fsp3) is 0.400. The highest BCUT2D eigenvalue weighted by Gasteiger charge is 2.48. The summed E-state index contributed by atoms with van der Waals surface area (Å²) in [5.74, 6) is -1.59. The number of fused-ring (bicyclic) bond motifs is 1. The monoisotopic (exact) mass is 297 g/mol. The Morgan fingerprint density at radius 1 is 1.43 bits per heavy atom. The Balaban J connectivity index is 2.09. The number of aromatic amines is 1. The van der Waals surface area contributed by atoms with E-state index in [-0.39, 0.29) is 17.1 Å². The SMILES string of the molecule is Nc1nc2c(ncn2[C@@H]2O[C@@H](C(=O)O)[C@@H](O)[C@@H]2O)c(=O)[nH]1. The predicted molar refractivity (Wildman–Crippen MR) is 66.1 cm³/mol. The van der Waals surface area contributed by atoms with Crippen LogP contribution in [0.1, 0.15) is 6.23 Å². The summed E-state index contributed by atoms with van der Waals surface area (Å²) in [5.41, 5.74) is 4.81. The highest BCUT2D eigenvalue weighted by atomic mass is 16.6. The van der Waals surface area contributed by atoms with Gasteiger partial charge in [-0.1, -0.05) is 0 Å². The number of aliphatic hydroxyl groups is 2. The summed E-state index contributed by atoms with van der Waals surface area (Å²) >= 11 is 0. The third-order valence-corrected chi connectivity index (χ3v) is 3.21. The molecule has 11 nitrogen and oxygen atoms in total. The molecular weight excluding hydrogens is 286 g/mol. The maximum Gasteiger partial charge on any atom is 0.335 e. The van der Waals surface area contributed by atoms with Gasteiger partial charge in [0.15, 0.2) is 23.5 Å². The summed E-state index contributed by atoms with van der Waals surface area (Å²) in [6, 6.07) is 0. The number of aromatic nitrogens is 4. The zero-order chi connectivity index (χ0) is 15.3. The van der Waals surface area contributed by atoms with Gasteiger partial charge in [0.05, 0.1) is 6.33 Å². The topological polar surface area (TPSA) is 177 Å². The molecule has 0 unspecified atom stereocenters. The number of ether oxygens (including phenoxy) is 1. The van der Waals surface area contributed by atoms with Crippen molar-refractivity contribution in [3.05, 3.63) is 16.7 Å². The quantitative estimate of drug-likeness (QED) is 0.397. The van der Waals surface area contributed by atoms with Crippen LogP contribution in [0.3, 0.4) is 0 Å². The Kier molecular flexibility index (Phi) is 2.90. The molecule has 1 fully saturated rings. The molecule has 0 aromatic carbocycles. The molecule has 21 heavy (non-hydrogen) atoms. The second-order valence-corrected chi connectivity index (χ2v) is 4.54. The van der Waals surface area contributed by atoms with E-state index >= 15 is 0 Å². The number of carboxylic acid groups (broad SMARTS) is 1. The molecule has 1 aliphatic rings. The van der Waals surface area contributed by atoms with Gasteiger partial charge in [0.2, 0.25) is 5.95 Å². The van der Waals surface area contributed by atoms with E-state index in [4.69, 9.17) is 15.6 Å². The van der Waals surface area contributed by atoms with Crippen LogP contribution in [0.2, 0.25) is 0 Å². The molecule has 112 valence electrons. The van der Waals surface area contributed by atoms with Crippen molar-refractivity contribution in [2.45, 2.75) is 24.5 Å². The van der Waals surface area contributed by atoms with Crippen molar-refractivity contribution in [2.24, 2.45) is 0 Å². The summed E-state index contributed by atoms with van der Waals surface area (Å²) in [6.45, 7) is 0. The number of nitrogens with one attached hydrogen (secondary N) is 1. The Labute approximate surface area is 115 Å². The predicted octanol–water partition coefficient (Wildman–Crippen LogP) is -2.59. The van der Waals surface area contributed by atoms with Crippen LogP contribution in [0.25, 0.3) is 11.2 Å². The van der Waals surface area contributed by atoms with E-state index in [1.165, 1.54) is 0 Å². The van der Waals surface area contributed by atoms with E-state index in [9.17, 15) is 19.8 Å². The minimum Gasteiger partial charge on any atom is -0.479 e. The molecule has 6 N–H and O–H groups in total. The molecule has 0 radical (unpaired) electrons. The van der Waals surface area contributed by atoms with Gasteiger partial charge in [-0.15, -0.1) is 0 Å². The molecule has 2 aromatic rings. The van der Waals surface area contributed by atoms with Crippen molar-refractivity contribution in [2.75, 3.05) is 5.73 Å². The normalized spacial score (nSPS) is 29.0. The molecule has 0 spiro atoms. The fourth-order valence-corrected chi connectivity index (χ4v) is 2.22. The number of hydrogen-bond acceptors (Lipinski definition) is 8. The van der Waals surface area contributed by atoms with Gasteiger partial charge in [0.25, 0.3) is 5.56 Å². The number of carbonyl (C=O) groups is 1. The summed E-state index contributed by atoms with van der Waals surface area (Å²) < 4.78 is 6.26. The maximum atomic E-state index is 11.6. The second kappa shape index (κ2) is 4.51. The molecule has 0 aliphatic carbocycles. The zero-order valence-corrected chi connectivity index (χ0v) is 10.4. The molecule has 0 amide bonds. The average molecular weight is 297 g/mol. The molecule has 2 aromatic heterocycles. The lowest BCUT2D eigenvalue weighted by Crippen LogP contribution is -2.35. The first-order valence-corrected chi connectivity index (χ1v) is 5.87. The van der Waals surface area contributed by atoms with Crippen LogP contribution in [0.15, 0.2) is 11.1 Å². The van der Waals surface area contributed by atoms with Crippen molar-refractivity contribution in [1.82, 2.24) is 19.5 Å². The highest BCUT2D eigenvalue weighted by Crippen LogP contribution is 2.31. The van der Waals surface area contributed by atoms with Gasteiger partial charge < -0.3 is 25.8 Å². The van der Waals surface area contributed by atoms with Gasteiger partial charge in [0.1, 0.15) is 12.2 Å². The van der Waals surface area contributed by atoms with Gasteiger partial charge in [-0.3, -0.25) is 14.3 Å². The third-order valence-electron chi connectivity index (χ3n) is 3.21. The Hall–Kier alpha value is -2.50. The van der Waals surface area contributed by atoms with Crippen LogP contribution in [-0.2, 0) is 9.53 Å². The Bertz CT molecular complexity index is 769. The first-order chi connectivity index (χ1) is 9.90. The van der Waals surface area contributed by atoms with Gasteiger partial charge in [0, 0.05) is 0 Å². The number of rotatable bonds is 2. The second-order valence-electron chi connectivity index (χ2n) is 4.54. The van der Waals surface area contributed by atoms with E-state index in [1.807, 2.05) is 0 Å². The fourth-order valence-electron chi connectivity index (χ4n) is 2.22. The van der Waals surface area contributed by atoms with Crippen LogP contribution < -0.4 is 11.3 Å². The Morgan fingerprint density at radius 2 is 2.14 bits per heavy atom. The zero-order valence-electron chi connectivity index (χ0n) is 10.4. The molecule has 11 heteroatoms. The van der Waals surface area contributed by atoms with E-state index < -0.39 is 36.1 Å². The molecule has 1 aliphatic heterocycles. The summed E-state index contributed by atoms with van der Waals surface area (Å²) in [5, 5.41) is 28.5. The molecule has 0 saturated carbocycles. The summed E-state index contributed by atoms with van der Waals surface area (Å²) in [6.07, 6.45) is -4.84. The Morgan fingerprint density at radius 3 is 2.76 bits per heavy atom. The maximum absolute atomic E-state index is 11.6. The van der Waals surface area contributed by atoms with Gasteiger partial charge in [-0.05, 0) is 0 Å². The van der Waals surface area contributed by atoms with Crippen molar-refractivity contribution < 1.29 is 24.9 Å². The number of nitrogen functional groups attached to an aromatic ring is 1. The lowest BCUT2D eigenvalue weighted by Gasteiger charge is -2.16. The minimum atomic E-state index is -1.62. The molecule has 1 saturated heterocycles. The van der Waals surface area contributed by atoms with Gasteiger partial charge in [-0.25, -0.2) is 9.78 Å². The summed E-state index contributed by atoms with van der Waals surface area (Å²) in [7, 11) is 0. The first kappa shape index (κ1) is 13.5. The minimum absolute atomic E-state index is 0.0125. The van der Waals surface area contributed by atoms with Crippen molar-refractivity contribution in [3.8, 4) is 0 Å². The number of aliphatic hydroxyl groups excluding tert-OH is 2. The largest absolute Gasteiger partial charge is 0.479 e. The summed E-state index contributed by atoms with van der Waals surface area (Å²) in [4.78, 5) is 32.5. The van der Waals surface area contributed by atoms with Crippen molar-refractivity contribution in [3.63, 3.8) is 0 Å². The van der Waals surface area contributed by atoms with Gasteiger partial charge in [-0.2, -0.15) is 4.98 Å².